The summed E-state index contributed by atoms with van der Waals surface area (Å²) in [5.41, 5.74) is 11.5. The summed E-state index contributed by atoms with van der Waals surface area (Å²) in [7, 11) is 2.09. The number of esters is 2. The number of hydrogen-bond donors (Lipinski definition) is 2. The zero-order valence-corrected chi connectivity index (χ0v) is 68.8. The summed E-state index contributed by atoms with van der Waals surface area (Å²) in [5.74, 6) is -11.4. The molecule has 1 saturated heterocycles. The van der Waals surface area contributed by atoms with Crippen LogP contribution in [0.25, 0.3) is 33.3 Å². The molecule has 654 valence electrons. The molecule has 0 spiro atoms. The second-order valence-corrected chi connectivity index (χ2v) is 29.5. The van der Waals surface area contributed by atoms with Gasteiger partial charge in [-0.1, -0.05) is 101 Å². The fourth-order valence-electron chi connectivity index (χ4n) is 12.6. The molecule has 3 aromatic heterocycles. The number of fused-ring (bicyclic) bond motifs is 4. The van der Waals surface area contributed by atoms with E-state index < -0.39 is 114 Å². The third-order valence-corrected chi connectivity index (χ3v) is 19.9. The number of carbonyl (C=O) groups is 3. The number of oxazole rings is 3. The highest BCUT2D eigenvalue weighted by Crippen LogP contribution is 2.33. The highest BCUT2D eigenvalue weighted by Gasteiger charge is 2.27. The fraction of sp³-hybridized carbons (Fsp3) is 0.233. The molecular weight excluding hydrogens is 1720 g/mol. The van der Waals surface area contributed by atoms with E-state index in [4.69, 9.17) is 28.8 Å². The molecule has 0 bridgehead atoms. The molecule has 5 heterocycles. The Kier molecular flexibility index (Phi) is 32.2. The molecule has 15 rings (SSSR count). The minimum absolute atomic E-state index is 0.00778. The number of aliphatic hydroxyl groups excluding tert-OH is 1. The molecule has 30 nitrogen and oxygen atoms in total. The number of halogens is 9. The second kappa shape index (κ2) is 42.6. The molecule has 0 saturated carbocycles. The number of carbonyl (C=O) groups excluding carboxylic acids is 3. The van der Waals surface area contributed by atoms with Crippen molar-refractivity contribution in [3.05, 3.63) is 357 Å². The first-order chi connectivity index (χ1) is 59.2. The van der Waals surface area contributed by atoms with Crippen molar-refractivity contribution in [2.45, 2.75) is 83.4 Å². The van der Waals surface area contributed by atoms with E-state index in [-0.39, 0.29) is 91.2 Å². The van der Waals surface area contributed by atoms with Gasteiger partial charge in [-0.2, -0.15) is 0 Å². The number of non-ortho nitro benzene ring substituents is 4. The van der Waals surface area contributed by atoms with E-state index in [1.165, 1.54) is 70.7 Å². The number of hydrogen-bond acceptors (Lipinski definition) is 23. The zero-order chi connectivity index (χ0) is 91.5. The van der Waals surface area contributed by atoms with Crippen LogP contribution >= 0.6 is 15.9 Å². The molecule has 125 heavy (non-hydrogen) atoms. The fourth-order valence-corrected chi connectivity index (χ4v) is 12.9. The van der Waals surface area contributed by atoms with E-state index in [2.05, 4.69) is 37.5 Å². The number of nitrogens with two attached hydrogens (primary N) is 1. The molecule has 39 heteroatoms. The number of likely N-dealkylation sites (N-methyl/N-ethyl adjacent to an activating group) is 1. The lowest BCUT2D eigenvalue weighted by molar-refractivity contribution is -0.385. The number of aromatic nitrogens is 3. The summed E-state index contributed by atoms with van der Waals surface area (Å²) in [6, 6.07) is 43.7. The Morgan fingerprint density at radius 1 is 0.480 bits per heavy atom. The minimum Gasteiger partial charge on any atom is -0.464 e. The number of nitrogen functional groups attached to an aromatic ring is 1. The van der Waals surface area contributed by atoms with Crippen LogP contribution in [0.4, 0.5) is 63.6 Å². The van der Waals surface area contributed by atoms with E-state index >= 15 is 0 Å². The van der Waals surface area contributed by atoms with Crippen molar-refractivity contribution in [3.63, 3.8) is 0 Å². The lowest BCUT2D eigenvalue weighted by Gasteiger charge is -2.32. The molecular formula is C86H77BrF8N10O20. The van der Waals surface area contributed by atoms with Gasteiger partial charge in [-0.05, 0) is 100 Å². The molecule has 0 aliphatic carbocycles. The summed E-state index contributed by atoms with van der Waals surface area (Å²) < 4.78 is 134. The van der Waals surface area contributed by atoms with Gasteiger partial charge in [0.1, 0.15) is 12.4 Å². The molecule has 5 unspecified atom stereocenters. The molecule has 10 aromatic carbocycles. The standard InChI is InChI=1S/C24H27F2N3O4.C15H10F2N2O4.C15H12F2N2O2.C8H8BrNO2.C8H4F2O2.C8H9NO3.C8H7NO3/c1-16(29-21-14-19(25)20(26)15-22(21)33-24(29)31)18-5-3-4-17(12-18)13-23(30)32-11-10-28-8-6-27(2)7-9-28;1-8(9-3-2-4-10(5-9)19(21)22)18-13-6-11(16)12(17)7-14(13)23-15(18)20;1-8(9-3-2-4-10(18)5-9)19-13-6-11(16)12(17)7-14(13)21-15(19)20;1-6(9)7-3-2-4-8(5-7)10(11)12;9-5-1-4-2-8(11)12-7(4)3-6(5)10;2*1-6(10)7-3-2-4-8(5-7)9(11)12/h3-5,12,14-16H,6-11,13H2,1-2H3;2-8H,1H3;2-8H,18H2,1H3;2-6H,1H3;1,3H,2H2;2-6,10H,1H3;2-5H,1H3. The second-order valence-electron chi connectivity index (χ2n) is 28.1. The monoisotopic (exact) mass is 1800 g/mol. The zero-order valence-electron chi connectivity index (χ0n) is 67.2. The van der Waals surface area contributed by atoms with Crippen LogP contribution in [0.15, 0.2) is 222 Å². The van der Waals surface area contributed by atoms with E-state index in [0.29, 0.717) is 41.1 Å². The van der Waals surface area contributed by atoms with Gasteiger partial charge < -0.3 is 38.5 Å². The van der Waals surface area contributed by atoms with Gasteiger partial charge in [0.15, 0.2) is 69.1 Å². The Hall–Kier alpha value is -14.2. The number of benzene rings is 10. The lowest BCUT2D eigenvalue weighted by atomic mass is 10.0. The normalized spacial score (nSPS) is 13.4. The van der Waals surface area contributed by atoms with Crippen LogP contribution in [-0.4, -0.2) is 112 Å². The topological polar surface area (TPSA) is 400 Å². The van der Waals surface area contributed by atoms with Gasteiger partial charge in [-0.25, -0.2) is 49.5 Å². The van der Waals surface area contributed by atoms with Crippen molar-refractivity contribution >= 4 is 95.4 Å². The predicted molar refractivity (Wildman–Crippen MR) is 445 cm³/mol. The summed E-state index contributed by atoms with van der Waals surface area (Å²) in [4.78, 5) is 115. The number of piperazine rings is 1. The summed E-state index contributed by atoms with van der Waals surface area (Å²) in [5, 5.41) is 50.9. The molecule has 5 atom stereocenters. The van der Waals surface area contributed by atoms with Crippen LogP contribution in [-0.2, 0) is 27.2 Å². The van der Waals surface area contributed by atoms with Crippen molar-refractivity contribution in [1.82, 2.24) is 23.5 Å². The molecule has 0 radical (unpaired) electrons. The number of Topliss-reactive ketones (excluding diaryl/α,β-unsaturated/α-hetero) is 1. The maximum absolute atomic E-state index is 13.8. The number of ketones is 1. The highest BCUT2D eigenvalue weighted by atomic mass is 79.9. The molecule has 1 fully saturated rings. The highest BCUT2D eigenvalue weighted by molar-refractivity contribution is 9.09. The average Bonchev–Trinajstić information content (AvgIpc) is 1.64. The van der Waals surface area contributed by atoms with Crippen LogP contribution in [0.2, 0.25) is 0 Å². The van der Waals surface area contributed by atoms with Gasteiger partial charge in [0.2, 0.25) is 0 Å². The van der Waals surface area contributed by atoms with Crippen LogP contribution in [0.1, 0.15) is 120 Å². The number of aliphatic hydroxyl groups is 1. The maximum atomic E-state index is 13.8. The number of nitro groups is 4. The molecule has 2 aliphatic rings. The Bertz CT molecular complexity index is 6240. The van der Waals surface area contributed by atoms with Gasteiger partial charge in [-0.3, -0.25) is 73.4 Å². The van der Waals surface area contributed by atoms with Crippen molar-refractivity contribution in [2.75, 3.05) is 52.1 Å². The molecule has 2 aliphatic heterocycles. The summed E-state index contributed by atoms with van der Waals surface area (Å²) in [6.07, 6.45) is -0.540. The van der Waals surface area contributed by atoms with E-state index in [0.717, 1.165) is 102 Å². The minimum atomic E-state index is -1.12. The lowest BCUT2D eigenvalue weighted by Crippen LogP contribution is -2.45. The molecule has 13 aromatic rings. The smallest absolute Gasteiger partial charge is 0.420 e. The predicted octanol–water partition coefficient (Wildman–Crippen LogP) is 17.2. The van der Waals surface area contributed by atoms with Gasteiger partial charge in [0.05, 0.1) is 73.3 Å². The largest absolute Gasteiger partial charge is 0.464 e. The average molecular weight is 1800 g/mol. The van der Waals surface area contributed by atoms with E-state index in [9.17, 15) is 104 Å². The summed E-state index contributed by atoms with van der Waals surface area (Å²) in [6.45, 7) is 15.0. The SMILES string of the molecule is CC(=O)c1cccc([N+](=O)[O-])c1.CC(Br)c1cccc([N+](=O)[O-])c1.CC(O)c1cccc([N+](=O)[O-])c1.CC(c1cccc(CC(=O)OCCN2CCN(C)CC2)c1)n1c(=O)oc2cc(F)c(F)cc21.CC(c1cccc(N)c1)n1c(=O)oc2cc(F)c(F)cc21.CC(c1cccc([N+](=O)[O-])c1)n1c(=O)oc2cc(F)c(F)cc21.O=C1Cc2cc(F)c(F)cc2O1. The van der Waals surface area contributed by atoms with Gasteiger partial charge >= 0.3 is 29.2 Å². The third-order valence-electron chi connectivity index (χ3n) is 19.4. The first-order valence-electron chi connectivity index (χ1n) is 37.7. The third kappa shape index (κ3) is 25.0. The Labute approximate surface area is 711 Å². The van der Waals surface area contributed by atoms with Crippen molar-refractivity contribution in [3.8, 4) is 5.75 Å². The number of anilines is 1. The van der Waals surface area contributed by atoms with Crippen LogP contribution in [0, 0.1) is 87.0 Å². The first-order valence-corrected chi connectivity index (χ1v) is 38.6. The Morgan fingerprint density at radius 3 is 1.28 bits per heavy atom. The molecule has 0 amide bonds. The number of ether oxygens (including phenoxy) is 2. The maximum Gasteiger partial charge on any atom is 0.420 e. The quantitative estimate of drug-likeness (QED) is 0.0118. The molecule has 3 N–H and O–H groups in total. The van der Waals surface area contributed by atoms with Gasteiger partial charge in [0.25, 0.3) is 22.7 Å². The van der Waals surface area contributed by atoms with Crippen LogP contribution in [0.5, 0.6) is 5.75 Å². The van der Waals surface area contributed by atoms with Crippen molar-refractivity contribution in [2.24, 2.45) is 0 Å². The van der Waals surface area contributed by atoms with Crippen LogP contribution in [0.3, 0.4) is 0 Å². The Balaban J connectivity index is 0.000000172. The number of nitrogens with zero attached hydrogens (tertiary/aromatic N) is 9. The van der Waals surface area contributed by atoms with E-state index in [1.807, 2.05) is 19.1 Å². The summed E-state index contributed by atoms with van der Waals surface area (Å²) >= 11 is 3.34. The van der Waals surface area contributed by atoms with Gasteiger partial charge in [0, 0.05) is 145 Å². The van der Waals surface area contributed by atoms with E-state index in [1.54, 1.807) is 107 Å². The van der Waals surface area contributed by atoms with Crippen molar-refractivity contribution < 1.29 is 97.0 Å². The van der Waals surface area contributed by atoms with Crippen LogP contribution < -0.4 is 27.7 Å². The number of alkyl halides is 1. The van der Waals surface area contributed by atoms with Crippen molar-refractivity contribution in [1.29, 1.82) is 0 Å². The first kappa shape index (κ1) is 94.7. The number of nitro benzene ring substituents is 4. The number of rotatable bonds is 18. The Morgan fingerprint density at radius 2 is 0.848 bits per heavy atom. The van der Waals surface area contributed by atoms with Gasteiger partial charge in [-0.15, -0.1) is 0 Å².